The van der Waals surface area contributed by atoms with Crippen LogP contribution in [0.3, 0.4) is 0 Å². The Bertz CT molecular complexity index is 934. The minimum atomic E-state index is -0.672. The van der Waals surface area contributed by atoms with Crippen LogP contribution in [-0.2, 0) is 11.2 Å². The molecule has 0 aromatic heterocycles. The lowest BCUT2D eigenvalue weighted by molar-refractivity contribution is -0.384. The van der Waals surface area contributed by atoms with Crippen molar-refractivity contribution in [2.45, 2.75) is 12.8 Å². The molecule has 0 unspecified atom stereocenters. The molecule has 2 amide bonds. The van der Waals surface area contributed by atoms with Crippen LogP contribution in [0.4, 0.5) is 5.69 Å². The zero-order chi connectivity index (χ0) is 20.1. The summed E-state index contributed by atoms with van der Waals surface area (Å²) >= 11 is 6.19. The predicted molar refractivity (Wildman–Crippen MR) is 99.5 cm³/mol. The van der Waals surface area contributed by atoms with Crippen molar-refractivity contribution >= 4 is 29.1 Å². The van der Waals surface area contributed by atoms with E-state index in [-0.39, 0.29) is 17.7 Å². The highest BCUT2D eigenvalue weighted by molar-refractivity contribution is 6.32. The average Bonchev–Trinajstić information content (AvgIpc) is 2.92. The van der Waals surface area contributed by atoms with Gasteiger partial charge < -0.3 is 9.47 Å². The number of fused-ring (bicyclic) bond motifs is 1. The van der Waals surface area contributed by atoms with Crippen LogP contribution in [0, 0.1) is 10.1 Å². The van der Waals surface area contributed by atoms with Crippen molar-refractivity contribution in [2.75, 3.05) is 13.2 Å². The van der Waals surface area contributed by atoms with Gasteiger partial charge in [-0.3, -0.25) is 30.6 Å². The van der Waals surface area contributed by atoms with Gasteiger partial charge in [0.1, 0.15) is 0 Å². The number of nitro benzene ring substituents is 1. The minimum absolute atomic E-state index is 0.0492. The minimum Gasteiger partial charge on any atom is -0.489 e. The molecule has 0 aliphatic carbocycles. The Morgan fingerprint density at radius 3 is 2.71 bits per heavy atom. The fourth-order valence-electron chi connectivity index (χ4n) is 2.58. The van der Waals surface area contributed by atoms with Crippen molar-refractivity contribution in [1.82, 2.24) is 10.9 Å². The molecule has 28 heavy (non-hydrogen) atoms. The first kappa shape index (κ1) is 19.4. The molecule has 3 rings (SSSR count). The summed E-state index contributed by atoms with van der Waals surface area (Å²) in [5, 5.41) is 11.1. The van der Waals surface area contributed by atoms with Gasteiger partial charge in [0, 0.05) is 24.1 Å². The number of carbonyl (C=O) groups is 2. The zero-order valence-electron chi connectivity index (χ0n) is 14.6. The SMILES string of the molecule is O=C(Cc1cc(Cl)c2c(c1)OCCCO2)NNC(=O)c1cccc([N+](=O)[O-])c1. The Kier molecular flexibility index (Phi) is 5.95. The molecule has 1 heterocycles. The van der Waals surface area contributed by atoms with Crippen LogP contribution in [0.2, 0.25) is 5.02 Å². The van der Waals surface area contributed by atoms with Gasteiger partial charge in [-0.25, -0.2) is 0 Å². The van der Waals surface area contributed by atoms with E-state index in [1.54, 1.807) is 12.1 Å². The molecular weight excluding hydrogens is 390 g/mol. The van der Waals surface area contributed by atoms with E-state index >= 15 is 0 Å². The van der Waals surface area contributed by atoms with Crippen molar-refractivity contribution in [3.63, 3.8) is 0 Å². The Morgan fingerprint density at radius 2 is 1.93 bits per heavy atom. The van der Waals surface area contributed by atoms with E-state index in [0.717, 1.165) is 12.5 Å². The first-order valence-corrected chi connectivity index (χ1v) is 8.73. The molecular formula is C18H16ClN3O6. The topological polar surface area (TPSA) is 120 Å². The van der Waals surface area contributed by atoms with Crippen molar-refractivity contribution < 1.29 is 24.0 Å². The van der Waals surface area contributed by atoms with Gasteiger partial charge in [-0.05, 0) is 23.8 Å². The van der Waals surface area contributed by atoms with E-state index in [2.05, 4.69) is 10.9 Å². The van der Waals surface area contributed by atoms with Crippen LogP contribution in [0.15, 0.2) is 36.4 Å². The standard InChI is InChI=1S/C18H16ClN3O6/c19-14-7-11(8-15-17(14)28-6-2-5-27-15)9-16(23)20-21-18(24)12-3-1-4-13(10-12)22(25)26/h1,3-4,7-8,10H,2,5-6,9H2,(H,20,23)(H,21,24). The number of hydrogen-bond acceptors (Lipinski definition) is 6. The summed E-state index contributed by atoms with van der Waals surface area (Å²) in [6, 6.07) is 8.42. The monoisotopic (exact) mass is 405 g/mol. The summed E-state index contributed by atoms with van der Waals surface area (Å²) in [6.45, 7) is 0.981. The van der Waals surface area contributed by atoms with E-state index in [4.69, 9.17) is 21.1 Å². The summed E-state index contributed by atoms with van der Waals surface area (Å²) in [5.41, 5.74) is 4.90. The number of hydrazine groups is 1. The molecule has 0 atom stereocenters. The van der Waals surface area contributed by atoms with Gasteiger partial charge in [0.05, 0.1) is 29.6 Å². The number of hydrogen-bond donors (Lipinski definition) is 2. The van der Waals surface area contributed by atoms with Gasteiger partial charge >= 0.3 is 0 Å². The van der Waals surface area contributed by atoms with Crippen LogP contribution >= 0.6 is 11.6 Å². The maximum absolute atomic E-state index is 12.1. The summed E-state index contributed by atoms with van der Waals surface area (Å²) in [7, 11) is 0. The number of ether oxygens (including phenoxy) is 2. The third kappa shape index (κ3) is 4.68. The number of benzene rings is 2. The van der Waals surface area contributed by atoms with Gasteiger partial charge in [0.15, 0.2) is 11.5 Å². The number of amides is 2. The molecule has 0 saturated heterocycles. The normalized spacial score (nSPS) is 12.6. The highest BCUT2D eigenvalue weighted by Gasteiger charge is 2.17. The third-order valence-corrected chi connectivity index (χ3v) is 4.14. The predicted octanol–water partition coefficient (Wildman–Crippen LogP) is 2.41. The second-order valence-electron chi connectivity index (χ2n) is 5.94. The van der Waals surface area contributed by atoms with E-state index in [1.807, 2.05) is 0 Å². The van der Waals surface area contributed by atoms with Crippen LogP contribution in [0.5, 0.6) is 11.5 Å². The second kappa shape index (κ2) is 8.57. The van der Waals surface area contributed by atoms with Crippen LogP contribution in [0.25, 0.3) is 0 Å². The first-order valence-electron chi connectivity index (χ1n) is 8.35. The number of carbonyl (C=O) groups excluding carboxylic acids is 2. The van der Waals surface area contributed by atoms with E-state index in [1.165, 1.54) is 18.2 Å². The number of halogens is 1. The van der Waals surface area contributed by atoms with Crippen molar-refractivity contribution in [1.29, 1.82) is 0 Å². The third-order valence-electron chi connectivity index (χ3n) is 3.86. The van der Waals surface area contributed by atoms with Crippen molar-refractivity contribution in [3.05, 3.63) is 62.7 Å². The first-order chi connectivity index (χ1) is 13.4. The zero-order valence-corrected chi connectivity index (χ0v) is 15.3. The Labute approximate surface area is 164 Å². The maximum atomic E-state index is 12.1. The molecule has 0 saturated carbocycles. The molecule has 1 aliphatic heterocycles. The molecule has 0 radical (unpaired) electrons. The smallest absolute Gasteiger partial charge is 0.270 e. The summed E-state index contributed by atoms with van der Waals surface area (Å²) in [4.78, 5) is 34.3. The lowest BCUT2D eigenvalue weighted by Gasteiger charge is -2.12. The Balaban J connectivity index is 1.61. The van der Waals surface area contributed by atoms with Gasteiger partial charge in [-0.2, -0.15) is 0 Å². The van der Waals surface area contributed by atoms with E-state index in [9.17, 15) is 19.7 Å². The summed E-state index contributed by atoms with van der Waals surface area (Å²) in [5.74, 6) is -0.256. The molecule has 0 spiro atoms. The molecule has 146 valence electrons. The molecule has 0 bridgehead atoms. The number of non-ortho nitro benzene ring substituents is 1. The quantitative estimate of drug-likeness (QED) is 0.595. The Hall–Kier alpha value is -3.33. The fourth-order valence-corrected chi connectivity index (χ4v) is 2.86. The van der Waals surface area contributed by atoms with Gasteiger partial charge in [0.2, 0.25) is 5.91 Å². The largest absolute Gasteiger partial charge is 0.489 e. The number of rotatable bonds is 4. The summed E-state index contributed by atoms with van der Waals surface area (Å²) < 4.78 is 11.1. The van der Waals surface area contributed by atoms with Crippen molar-refractivity contribution in [3.8, 4) is 11.5 Å². The maximum Gasteiger partial charge on any atom is 0.270 e. The molecule has 9 nitrogen and oxygen atoms in total. The molecule has 2 aromatic rings. The highest BCUT2D eigenvalue weighted by atomic mass is 35.5. The molecule has 2 N–H and O–H groups in total. The lowest BCUT2D eigenvalue weighted by atomic mass is 10.1. The van der Waals surface area contributed by atoms with Crippen molar-refractivity contribution in [2.24, 2.45) is 0 Å². The van der Waals surface area contributed by atoms with Crippen LogP contribution in [0.1, 0.15) is 22.3 Å². The second-order valence-corrected chi connectivity index (χ2v) is 6.35. The molecule has 1 aliphatic rings. The molecule has 10 heteroatoms. The van der Waals surface area contributed by atoms with Gasteiger partial charge in [0.25, 0.3) is 11.6 Å². The van der Waals surface area contributed by atoms with E-state index in [0.29, 0.717) is 35.3 Å². The number of nitrogens with one attached hydrogen (secondary N) is 2. The van der Waals surface area contributed by atoms with Gasteiger partial charge in [-0.15, -0.1) is 0 Å². The van der Waals surface area contributed by atoms with Crippen LogP contribution in [-0.4, -0.2) is 30.0 Å². The van der Waals surface area contributed by atoms with Crippen LogP contribution < -0.4 is 20.3 Å². The average molecular weight is 406 g/mol. The van der Waals surface area contributed by atoms with E-state index < -0.39 is 16.7 Å². The lowest BCUT2D eigenvalue weighted by Crippen LogP contribution is -2.42. The summed E-state index contributed by atoms with van der Waals surface area (Å²) in [6.07, 6.45) is 0.663. The Morgan fingerprint density at radius 1 is 1.14 bits per heavy atom. The number of nitro groups is 1. The number of nitrogens with zero attached hydrogens (tertiary/aromatic N) is 1. The molecule has 2 aromatic carbocycles. The fraction of sp³-hybridized carbons (Fsp3) is 0.222. The molecule has 0 fully saturated rings. The van der Waals surface area contributed by atoms with Gasteiger partial charge in [-0.1, -0.05) is 17.7 Å². The highest BCUT2D eigenvalue weighted by Crippen LogP contribution is 2.38.